The van der Waals surface area contributed by atoms with Crippen LogP contribution in [0.3, 0.4) is 0 Å². The molecule has 0 spiro atoms. The van der Waals surface area contributed by atoms with Crippen LogP contribution < -0.4 is 10.1 Å². The van der Waals surface area contributed by atoms with E-state index < -0.39 is 0 Å². The predicted molar refractivity (Wildman–Crippen MR) is 69.2 cm³/mol. The molecule has 2 nitrogen and oxygen atoms in total. The average Bonchev–Trinajstić information content (AvgIpc) is 2.28. The van der Waals surface area contributed by atoms with Gasteiger partial charge in [0.05, 0.1) is 0 Å². The SMILES string of the molecule is CCNCC(CC)Oc1cc(C)ccc1C. The van der Waals surface area contributed by atoms with Crippen LogP contribution in [-0.4, -0.2) is 19.2 Å². The number of nitrogens with one attached hydrogen (secondary N) is 1. The summed E-state index contributed by atoms with van der Waals surface area (Å²) in [4.78, 5) is 0. The highest BCUT2D eigenvalue weighted by Gasteiger charge is 2.09. The molecule has 1 unspecified atom stereocenters. The zero-order valence-corrected chi connectivity index (χ0v) is 10.8. The number of hydrogen-bond acceptors (Lipinski definition) is 2. The molecule has 0 bridgehead atoms. The van der Waals surface area contributed by atoms with E-state index in [0.717, 1.165) is 25.3 Å². The van der Waals surface area contributed by atoms with Gasteiger partial charge in [0.25, 0.3) is 0 Å². The van der Waals surface area contributed by atoms with Gasteiger partial charge in [0.15, 0.2) is 0 Å². The Morgan fingerprint density at radius 2 is 2.00 bits per heavy atom. The first-order valence-electron chi connectivity index (χ1n) is 6.12. The zero-order valence-electron chi connectivity index (χ0n) is 10.8. The Bertz CT molecular complexity index is 323. The molecule has 0 aliphatic heterocycles. The molecule has 0 saturated heterocycles. The van der Waals surface area contributed by atoms with Crippen LogP contribution in [0.4, 0.5) is 0 Å². The predicted octanol–water partition coefficient (Wildman–Crippen LogP) is 3.07. The molecule has 0 fully saturated rings. The second-order valence-corrected chi connectivity index (χ2v) is 4.22. The highest BCUT2D eigenvalue weighted by atomic mass is 16.5. The fraction of sp³-hybridized carbons (Fsp3) is 0.571. The number of hydrogen-bond donors (Lipinski definition) is 1. The minimum absolute atomic E-state index is 0.264. The van der Waals surface area contributed by atoms with Gasteiger partial charge in [-0.3, -0.25) is 0 Å². The Kier molecular flexibility index (Phi) is 5.33. The minimum atomic E-state index is 0.264. The molecular formula is C14H23NO. The van der Waals surface area contributed by atoms with E-state index in [1.807, 2.05) is 0 Å². The van der Waals surface area contributed by atoms with Gasteiger partial charge in [-0.25, -0.2) is 0 Å². The summed E-state index contributed by atoms with van der Waals surface area (Å²) in [5.74, 6) is 1.02. The first kappa shape index (κ1) is 13.0. The lowest BCUT2D eigenvalue weighted by atomic mass is 10.1. The average molecular weight is 221 g/mol. The monoisotopic (exact) mass is 221 g/mol. The second kappa shape index (κ2) is 6.54. The quantitative estimate of drug-likeness (QED) is 0.797. The third-order valence-corrected chi connectivity index (χ3v) is 2.71. The van der Waals surface area contributed by atoms with E-state index in [0.29, 0.717) is 0 Å². The Morgan fingerprint density at radius 3 is 2.62 bits per heavy atom. The summed E-state index contributed by atoms with van der Waals surface area (Å²) in [5.41, 5.74) is 2.46. The van der Waals surface area contributed by atoms with E-state index in [1.165, 1.54) is 11.1 Å². The number of benzene rings is 1. The van der Waals surface area contributed by atoms with E-state index in [9.17, 15) is 0 Å². The van der Waals surface area contributed by atoms with Crippen molar-refractivity contribution in [3.63, 3.8) is 0 Å². The van der Waals surface area contributed by atoms with Crippen LogP contribution in [0.25, 0.3) is 0 Å². The Balaban J connectivity index is 2.65. The van der Waals surface area contributed by atoms with Gasteiger partial charge in [-0.1, -0.05) is 26.0 Å². The van der Waals surface area contributed by atoms with Crippen LogP contribution in [0.2, 0.25) is 0 Å². The molecule has 1 atom stereocenters. The van der Waals surface area contributed by atoms with Gasteiger partial charge in [0.2, 0.25) is 0 Å². The molecule has 2 heteroatoms. The first-order valence-corrected chi connectivity index (χ1v) is 6.12. The van der Waals surface area contributed by atoms with Crippen molar-refractivity contribution in [3.05, 3.63) is 29.3 Å². The molecule has 90 valence electrons. The van der Waals surface area contributed by atoms with Gasteiger partial charge < -0.3 is 10.1 Å². The second-order valence-electron chi connectivity index (χ2n) is 4.22. The molecular weight excluding hydrogens is 198 g/mol. The molecule has 0 amide bonds. The molecule has 1 rings (SSSR count). The molecule has 0 saturated carbocycles. The maximum absolute atomic E-state index is 6.01. The molecule has 0 radical (unpaired) electrons. The summed E-state index contributed by atoms with van der Waals surface area (Å²) < 4.78 is 6.01. The van der Waals surface area contributed by atoms with E-state index in [-0.39, 0.29) is 6.10 Å². The van der Waals surface area contributed by atoms with Crippen molar-refractivity contribution in [2.24, 2.45) is 0 Å². The molecule has 0 aliphatic rings. The maximum Gasteiger partial charge on any atom is 0.122 e. The van der Waals surface area contributed by atoms with Crippen molar-refractivity contribution < 1.29 is 4.74 Å². The van der Waals surface area contributed by atoms with E-state index in [4.69, 9.17) is 4.74 Å². The zero-order chi connectivity index (χ0) is 12.0. The van der Waals surface area contributed by atoms with Crippen LogP contribution >= 0.6 is 0 Å². The van der Waals surface area contributed by atoms with Crippen LogP contribution in [0.5, 0.6) is 5.75 Å². The normalized spacial score (nSPS) is 12.5. The van der Waals surface area contributed by atoms with Gasteiger partial charge in [0, 0.05) is 6.54 Å². The minimum Gasteiger partial charge on any atom is -0.489 e. The Morgan fingerprint density at radius 1 is 1.25 bits per heavy atom. The topological polar surface area (TPSA) is 21.3 Å². The third-order valence-electron chi connectivity index (χ3n) is 2.71. The number of aryl methyl sites for hydroxylation is 2. The molecule has 0 aromatic heterocycles. The Labute approximate surface area is 99.0 Å². The third kappa shape index (κ3) is 3.86. The molecule has 16 heavy (non-hydrogen) atoms. The number of ether oxygens (including phenoxy) is 1. The van der Waals surface area contributed by atoms with E-state index >= 15 is 0 Å². The van der Waals surface area contributed by atoms with Crippen LogP contribution in [0.1, 0.15) is 31.4 Å². The molecule has 0 aliphatic carbocycles. The summed E-state index contributed by atoms with van der Waals surface area (Å²) in [6.45, 7) is 10.4. The highest BCUT2D eigenvalue weighted by molar-refractivity contribution is 5.36. The summed E-state index contributed by atoms with van der Waals surface area (Å²) >= 11 is 0. The molecule has 1 N–H and O–H groups in total. The smallest absolute Gasteiger partial charge is 0.122 e. The maximum atomic E-state index is 6.01. The summed E-state index contributed by atoms with van der Waals surface area (Å²) in [6.07, 6.45) is 1.29. The van der Waals surface area contributed by atoms with Gasteiger partial charge >= 0.3 is 0 Å². The first-order chi connectivity index (χ1) is 7.67. The van der Waals surface area contributed by atoms with Crippen LogP contribution in [-0.2, 0) is 0 Å². The lowest BCUT2D eigenvalue weighted by molar-refractivity contribution is 0.193. The highest BCUT2D eigenvalue weighted by Crippen LogP contribution is 2.20. The van der Waals surface area contributed by atoms with Crippen LogP contribution in [0.15, 0.2) is 18.2 Å². The number of rotatable bonds is 6. The molecule has 1 aromatic carbocycles. The molecule has 0 heterocycles. The fourth-order valence-corrected chi connectivity index (χ4v) is 1.59. The van der Waals surface area contributed by atoms with Gasteiger partial charge in [-0.15, -0.1) is 0 Å². The lowest BCUT2D eigenvalue weighted by Crippen LogP contribution is -2.30. The van der Waals surface area contributed by atoms with Crippen molar-refractivity contribution in [1.29, 1.82) is 0 Å². The summed E-state index contributed by atoms with van der Waals surface area (Å²) in [6, 6.07) is 6.35. The van der Waals surface area contributed by atoms with Crippen LogP contribution in [0, 0.1) is 13.8 Å². The summed E-state index contributed by atoms with van der Waals surface area (Å²) in [7, 11) is 0. The number of likely N-dealkylation sites (N-methyl/N-ethyl adjacent to an activating group) is 1. The largest absolute Gasteiger partial charge is 0.489 e. The van der Waals surface area contributed by atoms with Crippen molar-refractivity contribution in [2.75, 3.05) is 13.1 Å². The van der Waals surface area contributed by atoms with E-state index in [2.05, 4.69) is 51.2 Å². The van der Waals surface area contributed by atoms with E-state index in [1.54, 1.807) is 0 Å². The van der Waals surface area contributed by atoms with Gasteiger partial charge in [-0.05, 0) is 44.0 Å². The van der Waals surface area contributed by atoms with Gasteiger partial charge in [-0.2, -0.15) is 0 Å². The fourth-order valence-electron chi connectivity index (χ4n) is 1.59. The van der Waals surface area contributed by atoms with Crippen molar-refractivity contribution in [1.82, 2.24) is 5.32 Å². The van der Waals surface area contributed by atoms with Gasteiger partial charge in [0.1, 0.15) is 11.9 Å². The standard InChI is InChI=1S/C14H23NO/c1-5-13(10-15-6-2)16-14-9-11(3)7-8-12(14)4/h7-9,13,15H,5-6,10H2,1-4H3. The van der Waals surface area contributed by atoms with Crippen molar-refractivity contribution in [2.45, 2.75) is 40.2 Å². The van der Waals surface area contributed by atoms with Crippen molar-refractivity contribution >= 4 is 0 Å². The van der Waals surface area contributed by atoms with Crippen molar-refractivity contribution in [3.8, 4) is 5.75 Å². The summed E-state index contributed by atoms with van der Waals surface area (Å²) in [5, 5.41) is 3.33. The lowest BCUT2D eigenvalue weighted by Gasteiger charge is -2.19. The molecule has 1 aromatic rings. The Hall–Kier alpha value is -1.02.